The number of carbonyl (C=O) groups excluding carboxylic acids is 2. The molecule has 34 heavy (non-hydrogen) atoms. The van der Waals surface area contributed by atoms with Gasteiger partial charge >= 0.3 is 0 Å². The van der Waals surface area contributed by atoms with Crippen molar-refractivity contribution < 1.29 is 14.1 Å². The molecule has 0 N–H and O–H groups in total. The normalized spacial score (nSPS) is 12.0. The highest BCUT2D eigenvalue weighted by Crippen LogP contribution is 2.13. The lowest BCUT2D eigenvalue weighted by molar-refractivity contribution is -0.882. The molecule has 0 heterocycles. The Kier molecular flexibility index (Phi) is 23.1. The highest BCUT2D eigenvalue weighted by molar-refractivity contribution is 5.78. The summed E-state index contributed by atoms with van der Waals surface area (Å²) >= 11 is 0. The molecule has 200 valence electrons. The zero-order valence-corrected chi connectivity index (χ0v) is 23.7. The molecule has 0 bridgehead atoms. The number of rotatable bonds is 26. The highest BCUT2D eigenvalue weighted by Gasteiger charge is 2.16. The highest BCUT2D eigenvalue weighted by atomic mass is 16.1. The van der Waals surface area contributed by atoms with Gasteiger partial charge in [-0.1, -0.05) is 96.1 Å². The van der Waals surface area contributed by atoms with E-state index >= 15 is 0 Å². The van der Waals surface area contributed by atoms with Gasteiger partial charge in [-0.3, -0.25) is 9.59 Å². The van der Waals surface area contributed by atoms with Crippen molar-refractivity contribution in [1.82, 2.24) is 0 Å². The third kappa shape index (κ3) is 25.7. The van der Waals surface area contributed by atoms with Crippen LogP contribution in [-0.4, -0.2) is 43.2 Å². The van der Waals surface area contributed by atoms with Gasteiger partial charge in [-0.2, -0.15) is 0 Å². The van der Waals surface area contributed by atoms with Crippen molar-refractivity contribution in [2.75, 3.05) is 27.2 Å². The van der Waals surface area contributed by atoms with E-state index in [2.05, 4.69) is 33.2 Å². The number of hydrogen-bond donors (Lipinski definition) is 0. The van der Waals surface area contributed by atoms with Crippen LogP contribution in [0.2, 0.25) is 0 Å². The third-order valence-electron chi connectivity index (χ3n) is 6.84. The van der Waals surface area contributed by atoms with Crippen molar-refractivity contribution in [1.29, 1.82) is 0 Å². The number of carbonyl (C=O) groups is 2. The van der Waals surface area contributed by atoms with Crippen molar-refractivity contribution in [3.63, 3.8) is 0 Å². The Hall–Kier alpha value is -0.960. The molecule has 0 unspecified atom stereocenters. The van der Waals surface area contributed by atoms with Crippen molar-refractivity contribution >= 4 is 11.6 Å². The summed E-state index contributed by atoms with van der Waals surface area (Å²) < 4.78 is 0.736. The monoisotopic (exact) mass is 478 g/mol. The van der Waals surface area contributed by atoms with Crippen molar-refractivity contribution in [2.45, 2.75) is 149 Å². The summed E-state index contributed by atoms with van der Waals surface area (Å²) in [6.45, 7) is 5.50. The van der Waals surface area contributed by atoms with Crippen LogP contribution in [0, 0.1) is 0 Å². The minimum atomic E-state index is 0.239. The third-order valence-corrected chi connectivity index (χ3v) is 6.84. The first-order valence-electron chi connectivity index (χ1n) is 14.9. The van der Waals surface area contributed by atoms with E-state index in [9.17, 15) is 9.59 Å². The summed E-state index contributed by atoms with van der Waals surface area (Å²) in [7, 11) is 4.19. The Balaban J connectivity index is 3.32. The SMILES string of the molecule is CCCCCCCC/C=C/CCCCCCCCCCCC(=O)CCCC[N+](C)(C)CC(C)=O. The number of likely N-dealkylation sites (N-methyl/N-ethyl adjacent to an activating group) is 1. The molecular weight excluding hydrogens is 418 g/mol. The lowest BCUT2D eigenvalue weighted by Crippen LogP contribution is -2.43. The smallest absolute Gasteiger partial charge is 0.183 e. The minimum Gasteiger partial charge on any atom is -0.322 e. The van der Waals surface area contributed by atoms with Gasteiger partial charge in [0.15, 0.2) is 5.78 Å². The lowest BCUT2D eigenvalue weighted by Gasteiger charge is -2.28. The summed E-state index contributed by atoms with van der Waals surface area (Å²) in [6.07, 6.45) is 30.9. The summed E-state index contributed by atoms with van der Waals surface area (Å²) in [5, 5.41) is 0. The van der Waals surface area contributed by atoms with E-state index in [1.165, 1.54) is 103 Å². The van der Waals surface area contributed by atoms with Gasteiger partial charge in [-0.05, 0) is 44.9 Å². The van der Waals surface area contributed by atoms with Crippen LogP contribution in [0.15, 0.2) is 12.2 Å². The second kappa shape index (κ2) is 23.8. The zero-order chi connectivity index (χ0) is 25.3. The van der Waals surface area contributed by atoms with Gasteiger partial charge in [0.05, 0.1) is 20.6 Å². The van der Waals surface area contributed by atoms with Gasteiger partial charge < -0.3 is 4.48 Å². The molecule has 0 aliphatic rings. The number of allylic oxidation sites excluding steroid dienone is 2. The van der Waals surface area contributed by atoms with Gasteiger partial charge in [0.25, 0.3) is 0 Å². The molecular formula is C31H60NO2+. The fraction of sp³-hybridized carbons (Fsp3) is 0.871. The molecule has 3 nitrogen and oxygen atoms in total. The van der Waals surface area contributed by atoms with Crippen molar-refractivity contribution in [3.05, 3.63) is 12.2 Å². The first-order chi connectivity index (χ1) is 16.4. The average molecular weight is 479 g/mol. The number of unbranched alkanes of at least 4 members (excludes halogenated alkanes) is 16. The Morgan fingerprint density at radius 2 is 1.00 bits per heavy atom. The molecule has 0 atom stereocenters. The van der Waals surface area contributed by atoms with E-state index in [-0.39, 0.29) is 5.78 Å². The largest absolute Gasteiger partial charge is 0.322 e. The molecule has 0 fully saturated rings. The number of Topliss-reactive ketones (excluding diaryl/α,β-unsaturated/α-hetero) is 2. The maximum atomic E-state index is 12.1. The predicted octanol–water partition coefficient (Wildman–Crippen LogP) is 8.99. The van der Waals surface area contributed by atoms with Gasteiger partial charge in [0.2, 0.25) is 0 Å². The lowest BCUT2D eigenvalue weighted by atomic mass is 10.0. The Labute approximate surface area is 213 Å². The average Bonchev–Trinajstić information content (AvgIpc) is 2.77. The number of hydrogen-bond acceptors (Lipinski definition) is 2. The molecule has 0 radical (unpaired) electrons. The molecule has 0 rings (SSSR count). The van der Waals surface area contributed by atoms with Crippen LogP contribution >= 0.6 is 0 Å². The molecule has 0 aromatic rings. The van der Waals surface area contributed by atoms with E-state index in [0.717, 1.165) is 36.7 Å². The molecule has 0 amide bonds. The quantitative estimate of drug-likeness (QED) is 0.0706. The number of nitrogens with zero attached hydrogens (tertiary/aromatic N) is 1. The van der Waals surface area contributed by atoms with Crippen LogP contribution in [0.5, 0.6) is 0 Å². The minimum absolute atomic E-state index is 0.239. The Morgan fingerprint density at radius 1 is 0.588 bits per heavy atom. The fourth-order valence-corrected chi connectivity index (χ4v) is 4.77. The summed E-state index contributed by atoms with van der Waals surface area (Å²) in [5.74, 6) is 0.667. The Bertz CT molecular complexity index is 510. The van der Waals surface area contributed by atoms with E-state index < -0.39 is 0 Å². The van der Waals surface area contributed by atoms with Crippen molar-refractivity contribution in [3.8, 4) is 0 Å². The van der Waals surface area contributed by atoms with Crippen LogP contribution < -0.4 is 0 Å². The van der Waals surface area contributed by atoms with Crippen LogP contribution in [0.4, 0.5) is 0 Å². The van der Waals surface area contributed by atoms with E-state index in [1.807, 2.05) is 0 Å². The predicted molar refractivity (Wildman–Crippen MR) is 149 cm³/mol. The molecule has 0 saturated heterocycles. The molecule has 0 aliphatic heterocycles. The topological polar surface area (TPSA) is 34.1 Å². The van der Waals surface area contributed by atoms with Gasteiger partial charge in [0.1, 0.15) is 12.3 Å². The van der Waals surface area contributed by atoms with Crippen LogP contribution in [0.1, 0.15) is 149 Å². The van der Waals surface area contributed by atoms with E-state index in [0.29, 0.717) is 18.7 Å². The van der Waals surface area contributed by atoms with Crippen molar-refractivity contribution in [2.24, 2.45) is 0 Å². The molecule has 0 aromatic heterocycles. The molecule has 3 heteroatoms. The number of ketones is 2. The zero-order valence-electron chi connectivity index (χ0n) is 23.7. The van der Waals surface area contributed by atoms with E-state index in [1.54, 1.807) is 6.92 Å². The maximum absolute atomic E-state index is 12.1. The van der Waals surface area contributed by atoms with E-state index in [4.69, 9.17) is 0 Å². The molecule has 0 aliphatic carbocycles. The standard InChI is InChI=1S/C31H60NO2/c1-5-6-7-8-9-10-11-12-13-14-15-16-17-18-19-20-21-22-23-26-31(34)27-24-25-28-32(3,4)29-30(2)33/h12-13H,5-11,14-29H2,1-4H3/q+1/b13-12+. The second-order valence-electron chi connectivity index (χ2n) is 11.3. The van der Waals surface area contributed by atoms with Crippen LogP contribution in [0.25, 0.3) is 0 Å². The molecule has 0 aromatic carbocycles. The Morgan fingerprint density at radius 3 is 1.47 bits per heavy atom. The van der Waals surface area contributed by atoms with Gasteiger partial charge in [0, 0.05) is 19.8 Å². The number of quaternary nitrogens is 1. The summed E-state index contributed by atoms with van der Waals surface area (Å²) in [5.41, 5.74) is 0. The summed E-state index contributed by atoms with van der Waals surface area (Å²) in [6, 6.07) is 0. The molecule has 0 spiro atoms. The van der Waals surface area contributed by atoms with Crippen LogP contribution in [0.3, 0.4) is 0 Å². The second-order valence-corrected chi connectivity index (χ2v) is 11.3. The maximum Gasteiger partial charge on any atom is 0.183 e. The fourth-order valence-electron chi connectivity index (χ4n) is 4.77. The van der Waals surface area contributed by atoms with Gasteiger partial charge in [-0.15, -0.1) is 0 Å². The van der Waals surface area contributed by atoms with Gasteiger partial charge in [-0.25, -0.2) is 0 Å². The molecule has 0 saturated carbocycles. The van der Waals surface area contributed by atoms with Crippen LogP contribution in [-0.2, 0) is 9.59 Å². The summed E-state index contributed by atoms with van der Waals surface area (Å²) in [4.78, 5) is 23.3. The first-order valence-corrected chi connectivity index (χ1v) is 14.9. The first kappa shape index (κ1) is 33.0.